The first-order valence-corrected chi connectivity index (χ1v) is 8.50. The minimum absolute atomic E-state index is 0.157. The van der Waals surface area contributed by atoms with Gasteiger partial charge < -0.3 is 9.14 Å². The normalized spacial score (nSPS) is 19.2. The number of morpholine rings is 1. The second-order valence-electron chi connectivity index (χ2n) is 6.31. The largest absolute Gasteiger partial charge is 0.374 e. The Bertz CT molecular complexity index is 842. The molecule has 0 N–H and O–H groups in total. The summed E-state index contributed by atoms with van der Waals surface area (Å²) in [6, 6.07) is 3.80. The maximum Gasteiger partial charge on any atom is 0.137 e. The van der Waals surface area contributed by atoms with Gasteiger partial charge in [0.2, 0.25) is 0 Å². The molecule has 0 unspecified atom stereocenters. The SMILES string of the molecule is Cc1cnn(C[C@H]2CN(Cc3cn4cc(Cl)ccc4n3)CCO2)c1. The molecule has 0 aliphatic carbocycles. The Morgan fingerprint density at radius 1 is 1.29 bits per heavy atom. The van der Waals surface area contributed by atoms with E-state index in [0.717, 1.165) is 44.1 Å². The fourth-order valence-corrected chi connectivity index (χ4v) is 3.30. The molecule has 7 heteroatoms. The first-order chi connectivity index (χ1) is 11.7. The summed E-state index contributed by atoms with van der Waals surface area (Å²) >= 11 is 6.03. The van der Waals surface area contributed by atoms with E-state index in [9.17, 15) is 0 Å². The summed E-state index contributed by atoms with van der Waals surface area (Å²) in [6.45, 7) is 6.19. The smallest absolute Gasteiger partial charge is 0.137 e. The van der Waals surface area contributed by atoms with E-state index in [0.29, 0.717) is 5.02 Å². The summed E-state index contributed by atoms with van der Waals surface area (Å²) in [7, 11) is 0. The lowest BCUT2D eigenvalue weighted by molar-refractivity contribution is -0.0405. The molecule has 3 aromatic rings. The number of ether oxygens (including phenoxy) is 1. The van der Waals surface area contributed by atoms with Gasteiger partial charge >= 0.3 is 0 Å². The summed E-state index contributed by atoms with van der Waals surface area (Å²) in [5.41, 5.74) is 3.14. The topological polar surface area (TPSA) is 47.6 Å². The van der Waals surface area contributed by atoms with E-state index in [1.54, 1.807) is 0 Å². The van der Waals surface area contributed by atoms with Crippen LogP contribution in [0.15, 0.2) is 36.9 Å². The molecule has 4 heterocycles. The van der Waals surface area contributed by atoms with E-state index in [1.165, 1.54) is 5.56 Å². The van der Waals surface area contributed by atoms with Crippen molar-refractivity contribution in [3.8, 4) is 0 Å². The Morgan fingerprint density at radius 3 is 3.04 bits per heavy atom. The van der Waals surface area contributed by atoms with E-state index in [4.69, 9.17) is 16.3 Å². The van der Waals surface area contributed by atoms with Crippen molar-refractivity contribution in [1.29, 1.82) is 0 Å². The number of hydrogen-bond donors (Lipinski definition) is 0. The van der Waals surface area contributed by atoms with Crippen LogP contribution in [0.25, 0.3) is 5.65 Å². The van der Waals surface area contributed by atoms with Crippen molar-refractivity contribution in [3.63, 3.8) is 0 Å². The number of halogens is 1. The molecule has 0 aromatic carbocycles. The number of fused-ring (bicyclic) bond motifs is 1. The lowest BCUT2D eigenvalue weighted by Crippen LogP contribution is -2.43. The Morgan fingerprint density at radius 2 is 2.21 bits per heavy atom. The average molecular weight is 346 g/mol. The van der Waals surface area contributed by atoms with Gasteiger partial charge in [0, 0.05) is 38.2 Å². The predicted molar refractivity (Wildman–Crippen MR) is 92.2 cm³/mol. The first-order valence-electron chi connectivity index (χ1n) is 8.12. The van der Waals surface area contributed by atoms with E-state index in [-0.39, 0.29) is 6.10 Å². The summed E-state index contributed by atoms with van der Waals surface area (Å²) in [5, 5.41) is 5.06. The van der Waals surface area contributed by atoms with Gasteiger partial charge in [-0.15, -0.1) is 0 Å². The van der Waals surface area contributed by atoms with E-state index in [1.807, 2.05) is 52.9 Å². The number of pyridine rings is 1. The first kappa shape index (κ1) is 15.6. The Labute approximate surface area is 145 Å². The molecule has 126 valence electrons. The average Bonchev–Trinajstić information content (AvgIpc) is 3.13. The summed E-state index contributed by atoms with van der Waals surface area (Å²) in [5.74, 6) is 0. The predicted octanol–water partition coefficient (Wildman–Crippen LogP) is 2.39. The number of aromatic nitrogens is 4. The molecule has 0 saturated carbocycles. The molecule has 3 aromatic heterocycles. The van der Waals surface area contributed by atoms with Crippen molar-refractivity contribution in [2.24, 2.45) is 0 Å². The third kappa shape index (κ3) is 3.45. The third-order valence-electron chi connectivity index (χ3n) is 4.23. The Kier molecular flexibility index (Phi) is 4.26. The van der Waals surface area contributed by atoms with Crippen molar-refractivity contribution in [2.45, 2.75) is 26.1 Å². The van der Waals surface area contributed by atoms with Gasteiger partial charge in [-0.05, 0) is 24.6 Å². The summed E-state index contributed by atoms with van der Waals surface area (Å²) in [6.07, 6.45) is 8.01. The monoisotopic (exact) mass is 345 g/mol. The second kappa shape index (κ2) is 6.55. The maximum absolute atomic E-state index is 6.03. The van der Waals surface area contributed by atoms with Crippen LogP contribution < -0.4 is 0 Å². The van der Waals surface area contributed by atoms with Crippen LogP contribution in [-0.2, 0) is 17.8 Å². The molecule has 1 atom stereocenters. The minimum atomic E-state index is 0.157. The molecule has 1 saturated heterocycles. The van der Waals surface area contributed by atoms with Gasteiger partial charge in [0.15, 0.2) is 0 Å². The zero-order chi connectivity index (χ0) is 16.5. The number of nitrogens with zero attached hydrogens (tertiary/aromatic N) is 5. The third-order valence-corrected chi connectivity index (χ3v) is 4.45. The van der Waals surface area contributed by atoms with Gasteiger partial charge in [-0.2, -0.15) is 5.10 Å². The fraction of sp³-hybridized carbons (Fsp3) is 0.412. The van der Waals surface area contributed by atoms with E-state index in [2.05, 4.69) is 15.0 Å². The Hall–Kier alpha value is -1.89. The zero-order valence-corrected chi connectivity index (χ0v) is 14.4. The van der Waals surface area contributed by atoms with Gasteiger partial charge in [-0.1, -0.05) is 11.6 Å². The Balaban J connectivity index is 1.41. The zero-order valence-electron chi connectivity index (χ0n) is 13.6. The second-order valence-corrected chi connectivity index (χ2v) is 6.75. The van der Waals surface area contributed by atoms with Crippen LogP contribution in [0.1, 0.15) is 11.3 Å². The summed E-state index contributed by atoms with van der Waals surface area (Å²) < 4.78 is 9.82. The molecule has 1 aliphatic heterocycles. The van der Waals surface area contributed by atoms with Gasteiger partial charge in [0.05, 0.1) is 36.2 Å². The van der Waals surface area contributed by atoms with Crippen LogP contribution in [-0.4, -0.2) is 49.9 Å². The van der Waals surface area contributed by atoms with Crippen molar-refractivity contribution < 1.29 is 4.74 Å². The lowest BCUT2D eigenvalue weighted by atomic mass is 10.2. The molecule has 0 bridgehead atoms. The van der Waals surface area contributed by atoms with Gasteiger partial charge in [-0.3, -0.25) is 9.58 Å². The van der Waals surface area contributed by atoms with Crippen LogP contribution in [0.3, 0.4) is 0 Å². The van der Waals surface area contributed by atoms with Crippen molar-refractivity contribution >= 4 is 17.2 Å². The highest BCUT2D eigenvalue weighted by Gasteiger charge is 2.22. The number of rotatable bonds is 4. The van der Waals surface area contributed by atoms with Crippen molar-refractivity contribution in [3.05, 3.63) is 53.2 Å². The number of aryl methyl sites for hydroxylation is 1. The van der Waals surface area contributed by atoms with Gasteiger partial charge in [0.1, 0.15) is 5.65 Å². The lowest BCUT2D eigenvalue weighted by Gasteiger charge is -2.32. The van der Waals surface area contributed by atoms with E-state index >= 15 is 0 Å². The molecular formula is C17H20ClN5O. The molecule has 6 nitrogen and oxygen atoms in total. The number of hydrogen-bond acceptors (Lipinski definition) is 4. The highest BCUT2D eigenvalue weighted by atomic mass is 35.5. The van der Waals surface area contributed by atoms with E-state index < -0.39 is 0 Å². The quantitative estimate of drug-likeness (QED) is 0.728. The van der Waals surface area contributed by atoms with Crippen LogP contribution in [0.4, 0.5) is 0 Å². The standard InChI is InChI=1S/C17H20ClN5O/c1-13-6-19-23(7-13)12-16-11-21(4-5-24-16)9-15-10-22-8-14(18)2-3-17(22)20-15/h2-3,6-8,10,16H,4-5,9,11-12H2,1H3/t16-/m1/s1. The molecule has 0 radical (unpaired) electrons. The molecular weight excluding hydrogens is 326 g/mol. The highest BCUT2D eigenvalue weighted by Crippen LogP contribution is 2.15. The molecule has 0 spiro atoms. The molecule has 1 aliphatic rings. The van der Waals surface area contributed by atoms with Gasteiger partial charge in [0.25, 0.3) is 0 Å². The maximum atomic E-state index is 6.03. The number of imidazole rings is 1. The molecule has 0 amide bonds. The van der Waals surface area contributed by atoms with Crippen LogP contribution in [0, 0.1) is 6.92 Å². The minimum Gasteiger partial charge on any atom is -0.374 e. The van der Waals surface area contributed by atoms with Crippen LogP contribution in [0.2, 0.25) is 5.02 Å². The van der Waals surface area contributed by atoms with Crippen molar-refractivity contribution in [1.82, 2.24) is 24.1 Å². The van der Waals surface area contributed by atoms with Gasteiger partial charge in [-0.25, -0.2) is 4.98 Å². The fourth-order valence-electron chi connectivity index (χ4n) is 3.13. The van der Waals surface area contributed by atoms with Crippen molar-refractivity contribution in [2.75, 3.05) is 19.7 Å². The molecule has 24 heavy (non-hydrogen) atoms. The molecule has 1 fully saturated rings. The van der Waals surface area contributed by atoms with Crippen LogP contribution >= 0.6 is 11.6 Å². The summed E-state index contributed by atoms with van der Waals surface area (Å²) in [4.78, 5) is 7.05. The highest BCUT2D eigenvalue weighted by molar-refractivity contribution is 6.30. The molecule has 4 rings (SSSR count). The van der Waals surface area contributed by atoms with Crippen LogP contribution in [0.5, 0.6) is 0 Å².